The van der Waals surface area contributed by atoms with Crippen molar-refractivity contribution in [2.24, 2.45) is 0 Å². The molecule has 5 heteroatoms. The molecule has 1 heterocycles. The van der Waals surface area contributed by atoms with Crippen LogP contribution in [0, 0.1) is 0 Å². The van der Waals surface area contributed by atoms with Gasteiger partial charge in [-0.3, -0.25) is 0 Å². The minimum Gasteiger partial charge on any atom is -0.493 e. The lowest BCUT2D eigenvalue weighted by Gasteiger charge is -2.13. The van der Waals surface area contributed by atoms with E-state index in [-0.39, 0.29) is 0 Å². The first kappa shape index (κ1) is 14.1. The summed E-state index contributed by atoms with van der Waals surface area (Å²) >= 11 is 0. The molecule has 1 saturated carbocycles. The fourth-order valence-corrected chi connectivity index (χ4v) is 2.89. The second-order valence-electron chi connectivity index (χ2n) is 5.26. The number of hydrogen-bond acceptors (Lipinski definition) is 5. The SMILES string of the molecule is CNCc1oc2cc(OC)c(OC)c(OC)c2c1C1CC1. The Morgan fingerprint density at radius 2 is 1.86 bits per heavy atom. The molecule has 21 heavy (non-hydrogen) atoms. The van der Waals surface area contributed by atoms with E-state index in [9.17, 15) is 0 Å². The third kappa shape index (κ3) is 2.21. The van der Waals surface area contributed by atoms with Crippen LogP contribution in [0.1, 0.15) is 30.1 Å². The second kappa shape index (κ2) is 5.48. The van der Waals surface area contributed by atoms with E-state index in [0.717, 1.165) is 16.7 Å². The average Bonchev–Trinajstić information content (AvgIpc) is 3.27. The Kier molecular flexibility index (Phi) is 3.68. The van der Waals surface area contributed by atoms with Gasteiger partial charge in [0, 0.05) is 11.6 Å². The minimum atomic E-state index is 0.557. The van der Waals surface area contributed by atoms with E-state index in [0.29, 0.717) is 29.7 Å². The van der Waals surface area contributed by atoms with Crippen LogP contribution in [0.2, 0.25) is 0 Å². The van der Waals surface area contributed by atoms with E-state index in [1.807, 2.05) is 13.1 Å². The summed E-state index contributed by atoms with van der Waals surface area (Å²) in [6.07, 6.45) is 2.39. The highest BCUT2D eigenvalue weighted by molar-refractivity contribution is 5.94. The third-order valence-corrected chi connectivity index (χ3v) is 3.92. The summed E-state index contributed by atoms with van der Waals surface area (Å²) in [7, 11) is 6.81. The largest absolute Gasteiger partial charge is 0.493 e. The summed E-state index contributed by atoms with van der Waals surface area (Å²) < 4.78 is 22.5. The van der Waals surface area contributed by atoms with Crippen molar-refractivity contribution >= 4 is 11.0 Å². The van der Waals surface area contributed by atoms with Crippen LogP contribution in [0.15, 0.2) is 10.5 Å². The number of furan rings is 1. The zero-order valence-corrected chi connectivity index (χ0v) is 12.9. The van der Waals surface area contributed by atoms with E-state index >= 15 is 0 Å². The summed E-state index contributed by atoms with van der Waals surface area (Å²) in [5.41, 5.74) is 2.04. The summed E-state index contributed by atoms with van der Waals surface area (Å²) in [6, 6.07) is 1.88. The average molecular weight is 291 g/mol. The van der Waals surface area contributed by atoms with Gasteiger partial charge in [-0.1, -0.05) is 0 Å². The third-order valence-electron chi connectivity index (χ3n) is 3.92. The zero-order valence-electron chi connectivity index (χ0n) is 12.9. The van der Waals surface area contributed by atoms with Crippen molar-refractivity contribution < 1.29 is 18.6 Å². The van der Waals surface area contributed by atoms with Crippen molar-refractivity contribution in [2.45, 2.75) is 25.3 Å². The van der Waals surface area contributed by atoms with Gasteiger partial charge in [0.2, 0.25) is 5.75 Å². The van der Waals surface area contributed by atoms with Crippen LogP contribution in [-0.2, 0) is 6.54 Å². The van der Waals surface area contributed by atoms with Gasteiger partial charge in [0.15, 0.2) is 11.5 Å². The normalized spacial score (nSPS) is 14.5. The van der Waals surface area contributed by atoms with Crippen LogP contribution in [0.4, 0.5) is 0 Å². The Morgan fingerprint density at radius 1 is 1.14 bits per heavy atom. The van der Waals surface area contributed by atoms with Crippen molar-refractivity contribution in [3.63, 3.8) is 0 Å². The molecule has 0 radical (unpaired) electrons. The molecule has 0 bridgehead atoms. The van der Waals surface area contributed by atoms with E-state index < -0.39 is 0 Å². The van der Waals surface area contributed by atoms with Gasteiger partial charge in [0.1, 0.15) is 11.3 Å². The molecule has 5 nitrogen and oxygen atoms in total. The van der Waals surface area contributed by atoms with Crippen molar-refractivity contribution in [3.05, 3.63) is 17.4 Å². The summed E-state index contributed by atoms with van der Waals surface area (Å²) in [5, 5.41) is 4.18. The minimum absolute atomic E-state index is 0.557. The van der Waals surface area contributed by atoms with E-state index in [1.165, 1.54) is 18.4 Å². The lowest BCUT2D eigenvalue weighted by molar-refractivity contribution is 0.326. The predicted molar refractivity (Wildman–Crippen MR) is 80.6 cm³/mol. The molecule has 1 aliphatic rings. The van der Waals surface area contributed by atoms with Gasteiger partial charge in [0.05, 0.1) is 33.3 Å². The Morgan fingerprint density at radius 3 is 2.38 bits per heavy atom. The van der Waals surface area contributed by atoms with Crippen molar-refractivity contribution in [2.75, 3.05) is 28.4 Å². The summed E-state index contributed by atoms with van der Waals surface area (Å²) in [4.78, 5) is 0. The Labute approximate surface area is 124 Å². The second-order valence-corrected chi connectivity index (χ2v) is 5.26. The first-order chi connectivity index (χ1) is 10.2. The number of methoxy groups -OCH3 is 3. The predicted octanol–water partition coefficient (Wildman–Crippen LogP) is 3.06. The van der Waals surface area contributed by atoms with E-state index in [1.54, 1.807) is 21.3 Å². The maximum absolute atomic E-state index is 6.05. The van der Waals surface area contributed by atoms with Gasteiger partial charge >= 0.3 is 0 Å². The fourth-order valence-electron chi connectivity index (χ4n) is 2.89. The molecule has 0 saturated heterocycles. The first-order valence-electron chi connectivity index (χ1n) is 7.13. The van der Waals surface area contributed by atoms with Crippen LogP contribution in [0.5, 0.6) is 17.2 Å². The lowest BCUT2D eigenvalue weighted by atomic mass is 10.0. The Bertz CT molecular complexity index is 658. The lowest BCUT2D eigenvalue weighted by Crippen LogP contribution is -2.05. The smallest absolute Gasteiger partial charge is 0.204 e. The maximum Gasteiger partial charge on any atom is 0.204 e. The molecule has 0 spiro atoms. The molecule has 0 atom stereocenters. The monoisotopic (exact) mass is 291 g/mol. The first-order valence-corrected chi connectivity index (χ1v) is 7.13. The Hall–Kier alpha value is -1.88. The quantitative estimate of drug-likeness (QED) is 0.886. The van der Waals surface area contributed by atoms with Gasteiger partial charge in [-0.2, -0.15) is 0 Å². The molecule has 1 aromatic carbocycles. The highest BCUT2D eigenvalue weighted by Gasteiger charge is 2.33. The number of nitrogens with one attached hydrogen (secondary N) is 1. The molecular formula is C16H21NO4. The fraction of sp³-hybridized carbons (Fsp3) is 0.500. The topological polar surface area (TPSA) is 52.9 Å². The van der Waals surface area contributed by atoms with Crippen LogP contribution < -0.4 is 19.5 Å². The van der Waals surface area contributed by atoms with Crippen LogP contribution in [0.3, 0.4) is 0 Å². The van der Waals surface area contributed by atoms with Crippen molar-refractivity contribution in [3.8, 4) is 17.2 Å². The highest BCUT2D eigenvalue weighted by atomic mass is 16.5. The van der Waals surface area contributed by atoms with E-state index in [2.05, 4.69) is 5.32 Å². The number of hydrogen-bond donors (Lipinski definition) is 1. The molecule has 0 unspecified atom stereocenters. The molecule has 2 aromatic rings. The van der Waals surface area contributed by atoms with Gasteiger partial charge in [-0.15, -0.1) is 0 Å². The molecule has 1 fully saturated rings. The van der Waals surface area contributed by atoms with Crippen molar-refractivity contribution in [1.82, 2.24) is 5.32 Å². The van der Waals surface area contributed by atoms with Crippen molar-refractivity contribution in [1.29, 1.82) is 0 Å². The highest BCUT2D eigenvalue weighted by Crippen LogP contribution is 2.52. The van der Waals surface area contributed by atoms with Crippen LogP contribution in [0.25, 0.3) is 11.0 Å². The zero-order chi connectivity index (χ0) is 15.0. The van der Waals surface area contributed by atoms with Gasteiger partial charge in [0.25, 0.3) is 0 Å². The number of fused-ring (bicyclic) bond motifs is 1. The molecular weight excluding hydrogens is 270 g/mol. The summed E-state index contributed by atoms with van der Waals surface area (Å²) in [6.45, 7) is 0.703. The van der Waals surface area contributed by atoms with Crippen LogP contribution >= 0.6 is 0 Å². The van der Waals surface area contributed by atoms with Gasteiger partial charge in [-0.25, -0.2) is 0 Å². The molecule has 1 N–H and O–H groups in total. The summed E-state index contributed by atoms with van der Waals surface area (Å²) in [5.74, 6) is 3.46. The molecule has 114 valence electrons. The number of benzene rings is 1. The van der Waals surface area contributed by atoms with Crippen LogP contribution in [-0.4, -0.2) is 28.4 Å². The van der Waals surface area contributed by atoms with E-state index in [4.69, 9.17) is 18.6 Å². The standard InChI is InChI=1S/C16H21NO4/c1-17-8-12-13(9-5-6-9)14-10(21-12)7-11(18-2)15(19-3)16(14)20-4/h7,9,17H,5-6,8H2,1-4H3. The number of rotatable bonds is 6. The maximum atomic E-state index is 6.05. The number of ether oxygens (including phenoxy) is 3. The molecule has 1 aromatic heterocycles. The molecule has 0 aliphatic heterocycles. The Balaban J connectivity index is 2.32. The van der Waals surface area contributed by atoms with Gasteiger partial charge < -0.3 is 23.9 Å². The molecule has 1 aliphatic carbocycles. The van der Waals surface area contributed by atoms with Gasteiger partial charge in [-0.05, 0) is 25.8 Å². The molecule has 0 amide bonds. The molecule has 3 rings (SSSR count).